The molecule has 0 radical (unpaired) electrons. The molecule has 9 atom stereocenters. The van der Waals surface area contributed by atoms with Crippen molar-refractivity contribution < 1.29 is 48.3 Å². The molecule has 9 unspecified atom stereocenters. The Morgan fingerprint density at radius 3 is 0.764 bits per heavy atom. The van der Waals surface area contributed by atoms with Crippen molar-refractivity contribution >= 4 is 65.9 Å². The number of unbranched alkanes of at least 4 members (excludes halogenated alkanes) is 3. The van der Waals surface area contributed by atoms with E-state index in [-0.39, 0.29) is 63.8 Å². The Morgan fingerprint density at radius 2 is 0.528 bits per heavy atom. The summed E-state index contributed by atoms with van der Waals surface area (Å²) in [7, 11) is 0. The summed E-state index contributed by atoms with van der Waals surface area (Å²) < 4.78 is 0. The molecule has 0 heterocycles. The quantitative estimate of drug-likeness (QED) is 0.0197. The van der Waals surface area contributed by atoms with E-state index in [1.54, 1.807) is 146 Å². The van der Waals surface area contributed by atoms with Gasteiger partial charge in [0.2, 0.25) is 47.3 Å². The third-order valence-corrected chi connectivity index (χ3v) is 15.2. The number of nitrogens with one attached hydrogen (secondary N) is 8. The average molecular weight is 1240 g/mol. The number of carbonyl (C=O) groups excluding carboxylic acids is 8. The Bertz CT molecular complexity index is 2990. The summed E-state index contributed by atoms with van der Waals surface area (Å²) in [5, 5.41) is 31.9. The van der Waals surface area contributed by atoms with Gasteiger partial charge < -0.3 is 70.6 Å². The van der Waals surface area contributed by atoms with Gasteiger partial charge in [-0.05, 0) is 98.8 Å². The van der Waals surface area contributed by atoms with Crippen LogP contribution in [-0.4, -0.2) is 138 Å². The fraction of sp³-hybridized carbons (Fsp3) is 0.409. The third kappa shape index (κ3) is 25.6. The standard InChI is InChI=1S/C66H88N12O10S/c67-35-19-16-32-49(70)58(79)73-52(38-44-22-6-1-7-23-44)63(84)76-53(39-45-24-8-2-9-25-45)61(82)71-50(33-17-20-36-68)59(80)74-55(41-47-28-12-4-13-29-47)64(85)77-54(40-46-26-10-3-11-27-46)62(83)72-51(34-18-21-37-69)60(81)75-56(42-48-30-14-5-15-31-48)65(86)78-57(43-89)66(87)88/h1-15,22-31,49-57,89H,16-21,32-43,67-70H2,(H,71,82)(H,72,83)(H,73,79)(H,74,80)(H,75,81)(H,76,84)(H,77,85)(H,78,86)(H,87,88). The molecule has 23 heteroatoms. The van der Waals surface area contributed by atoms with Crippen LogP contribution in [-0.2, 0) is 75.3 Å². The van der Waals surface area contributed by atoms with Gasteiger partial charge in [-0.1, -0.05) is 158 Å². The van der Waals surface area contributed by atoms with Gasteiger partial charge >= 0.3 is 5.97 Å². The summed E-state index contributed by atoms with van der Waals surface area (Å²) in [6, 6.07) is 33.0. The van der Waals surface area contributed by atoms with Crippen molar-refractivity contribution in [3.63, 3.8) is 0 Å². The van der Waals surface area contributed by atoms with Gasteiger partial charge in [0.15, 0.2) is 0 Å². The molecule has 0 bridgehead atoms. The van der Waals surface area contributed by atoms with Crippen LogP contribution >= 0.6 is 12.6 Å². The van der Waals surface area contributed by atoms with E-state index in [2.05, 4.69) is 55.2 Å². The Hall–Kier alpha value is -8.48. The van der Waals surface area contributed by atoms with Crippen LogP contribution < -0.4 is 65.5 Å². The molecule has 22 nitrogen and oxygen atoms in total. The van der Waals surface area contributed by atoms with Crippen molar-refractivity contribution in [3.8, 4) is 0 Å². The normalized spacial score (nSPS) is 14.1. The molecule has 5 rings (SSSR count). The number of rotatable bonds is 40. The zero-order chi connectivity index (χ0) is 64.3. The smallest absolute Gasteiger partial charge is 0.327 e. The molecular formula is C66H88N12O10S. The second-order valence-corrected chi connectivity index (χ2v) is 22.3. The molecule has 0 fully saturated rings. The molecule has 5 aromatic rings. The molecule has 0 saturated heterocycles. The number of carbonyl (C=O) groups is 9. The minimum absolute atomic E-state index is 0.0210. The highest BCUT2D eigenvalue weighted by Crippen LogP contribution is 2.14. The number of hydrogen-bond donors (Lipinski definition) is 14. The maximum atomic E-state index is 15.0. The lowest BCUT2D eigenvalue weighted by atomic mass is 10.00. The van der Waals surface area contributed by atoms with E-state index in [1.165, 1.54) is 0 Å². The second kappa shape index (κ2) is 39.4. The van der Waals surface area contributed by atoms with E-state index >= 15 is 4.79 Å². The maximum absolute atomic E-state index is 15.0. The molecule has 0 aliphatic rings. The van der Waals surface area contributed by atoms with Gasteiger partial charge in [0.1, 0.15) is 48.3 Å². The lowest BCUT2D eigenvalue weighted by Crippen LogP contribution is -2.61. The van der Waals surface area contributed by atoms with Crippen molar-refractivity contribution in [2.45, 2.75) is 144 Å². The summed E-state index contributed by atoms with van der Waals surface area (Å²) in [5.74, 6) is -7.40. The van der Waals surface area contributed by atoms with Crippen LogP contribution in [0.1, 0.15) is 85.6 Å². The highest BCUT2D eigenvalue weighted by molar-refractivity contribution is 7.80. The number of hydrogen-bond acceptors (Lipinski definition) is 14. The van der Waals surface area contributed by atoms with Crippen molar-refractivity contribution in [3.05, 3.63) is 179 Å². The van der Waals surface area contributed by atoms with Crippen LogP contribution in [0.4, 0.5) is 0 Å². The Labute approximate surface area is 526 Å². The highest BCUT2D eigenvalue weighted by atomic mass is 32.1. The van der Waals surface area contributed by atoms with E-state index in [9.17, 15) is 43.5 Å². The molecule has 89 heavy (non-hydrogen) atoms. The van der Waals surface area contributed by atoms with Gasteiger partial charge in [-0.3, -0.25) is 38.4 Å². The number of amides is 8. The number of thiol groups is 1. The maximum Gasteiger partial charge on any atom is 0.327 e. The van der Waals surface area contributed by atoms with Crippen molar-refractivity contribution in [1.29, 1.82) is 0 Å². The molecular weight excluding hydrogens is 1150 g/mol. The molecule has 0 saturated carbocycles. The van der Waals surface area contributed by atoms with Crippen LogP contribution in [0.25, 0.3) is 0 Å². The molecule has 0 aliphatic carbocycles. The zero-order valence-electron chi connectivity index (χ0n) is 50.2. The summed E-state index contributed by atoms with van der Waals surface area (Å²) in [6.07, 6.45) is 3.24. The molecule has 0 spiro atoms. The molecule has 8 amide bonds. The Balaban J connectivity index is 1.45. The summed E-state index contributed by atoms with van der Waals surface area (Å²) in [5.41, 5.74) is 27.0. The van der Waals surface area contributed by atoms with Crippen molar-refractivity contribution in [2.24, 2.45) is 22.9 Å². The topological polar surface area (TPSA) is 374 Å². The van der Waals surface area contributed by atoms with Crippen LogP contribution in [0.2, 0.25) is 0 Å². The molecule has 5 aromatic carbocycles. The van der Waals surface area contributed by atoms with Gasteiger partial charge in [0.05, 0.1) is 6.04 Å². The molecule has 17 N–H and O–H groups in total. The zero-order valence-corrected chi connectivity index (χ0v) is 51.1. The predicted octanol–water partition coefficient (Wildman–Crippen LogP) is 1.81. The number of benzene rings is 5. The lowest BCUT2D eigenvalue weighted by molar-refractivity contribution is -0.141. The highest BCUT2D eigenvalue weighted by Gasteiger charge is 2.36. The van der Waals surface area contributed by atoms with Crippen LogP contribution in [0.15, 0.2) is 152 Å². The van der Waals surface area contributed by atoms with Gasteiger partial charge in [-0.2, -0.15) is 12.6 Å². The minimum Gasteiger partial charge on any atom is -0.480 e. The van der Waals surface area contributed by atoms with E-state index in [0.717, 1.165) is 5.56 Å². The number of nitrogens with two attached hydrogens (primary N) is 4. The Morgan fingerprint density at radius 1 is 0.315 bits per heavy atom. The average Bonchev–Trinajstić information content (AvgIpc) is 3.74. The third-order valence-electron chi connectivity index (χ3n) is 14.8. The van der Waals surface area contributed by atoms with E-state index in [0.29, 0.717) is 73.7 Å². The first-order chi connectivity index (χ1) is 43.0. The van der Waals surface area contributed by atoms with E-state index in [4.69, 9.17) is 22.9 Å². The number of aliphatic carboxylic acids is 1. The van der Waals surface area contributed by atoms with E-state index in [1.807, 2.05) is 6.07 Å². The van der Waals surface area contributed by atoms with Crippen LogP contribution in [0.3, 0.4) is 0 Å². The molecule has 0 aromatic heterocycles. The first-order valence-electron chi connectivity index (χ1n) is 30.3. The summed E-state index contributed by atoms with van der Waals surface area (Å²) in [6.45, 7) is 0.971. The van der Waals surface area contributed by atoms with Crippen molar-refractivity contribution in [1.82, 2.24) is 42.5 Å². The fourth-order valence-corrected chi connectivity index (χ4v) is 10.1. The Kier molecular flexibility index (Phi) is 31.6. The minimum atomic E-state index is -1.37. The summed E-state index contributed by atoms with van der Waals surface area (Å²) in [4.78, 5) is 128. The molecule has 0 aliphatic heterocycles. The first kappa shape index (κ1) is 71.3. The lowest BCUT2D eigenvalue weighted by Gasteiger charge is -2.28. The first-order valence-corrected chi connectivity index (χ1v) is 31.0. The van der Waals surface area contributed by atoms with Crippen molar-refractivity contribution in [2.75, 3.05) is 25.4 Å². The number of carboxylic acid groups (broad SMARTS) is 1. The van der Waals surface area contributed by atoms with Gasteiger partial charge in [-0.15, -0.1) is 0 Å². The van der Waals surface area contributed by atoms with Gasteiger partial charge in [-0.25, -0.2) is 4.79 Å². The monoisotopic (exact) mass is 1240 g/mol. The summed E-state index contributed by atoms with van der Waals surface area (Å²) >= 11 is 4.08. The van der Waals surface area contributed by atoms with E-state index < -0.39 is 108 Å². The van der Waals surface area contributed by atoms with Crippen LogP contribution in [0.5, 0.6) is 0 Å². The number of carboxylic acids is 1. The second-order valence-electron chi connectivity index (χ2n) is 21.9. The largest absolute Gasteiger partial charge is 0.480 e. The predicted molar refractivity (Wildman–Crippen MR) is 344 cm³/mol. The molecule has 478 valence electrons. The van der Waals surface area contributed by atoms with Crippen LogP contribution in [0, 0.1) is 0 Å². The SMILES string of the molecule is NCCCCC(N)C(=O)NC(Cc1ccccc1)C(=O)NC(Cc1ccccc1)C(=O)NC(CCCCN)C(=O)NC(Cc1ccccc1)C(=O)NC(Cc1ccccc1)C(=O)NC(CCCCN)C(=O)NC(Cc1ccccc1)C(=O)NC(CS)C(=O)O. The van der Waals surface area contributed by atoms with Gasteiger partial charge in [0.25, 0.3) is 0 Å². The fourth-order valence-electron chi connectivity index (χ4n) is 9.83. The van der Waals surface area contributed by atoms with Gasteiger partial charge in [0, 0.05) is 37.9 Å².